The number of hydrogen-bond donors (Lipinski definition) is 2. The molecule has 2 aromatic heterocycles. The minimum absolute atomic E-state index is 0.379. The van der Waals surface area contributed by atoms with Crippen molar-refractivity contribution in [2.24, 2.45) is 5.73 Å². The van der Waals surface area contributed by atoms with Crippen molar-refractivity contribution < 1.29 is 9.90 Å². The summed E-state index contributed by atoms with van der Waals surface area (Å²) in [6, 6.07) is 2.85. The van der Waals surface area contributed by atoms with Gasteiger partial charge in [-0.25, -0.2) is 4.98 Å². The monoisotopic (exact) mass is 233 g/mol. The lowest BCUT2D eigenvalue weighted by molar-refractivity contribution is -0.138. The molecule has 0 aliphatic heterocycles. The fourth-order valence-corrected chi connectivity index (χ4v) is 1.74. The number of fused-ring (bicyclic) bond motifs is 1. The molecule has 0 fully saturated rings. The van der Waals surface area contributed by atoms with Gasteiger partial charge in [0.15, 0.2) is 0 Å². The van der Waals surface area contributed by atoms with E-state index in [-0.39, 0.29) is 0 Å². The average molecular weight is 233 g/mol. The first-order valence-electron chi connectivity index (χ1n) is 5.45. The Morgan fingerprint density at radius 1 is 1.53 bits per heavy atom. The molecule has 0 bridgehead atoms. The standard InChI is InChI=1S/C12H15N3O2/c1-7(2)8-3-4-15-6-14-11(9(15)5-8)10(13)12(16)17/h3-7,10H,13H2,1-2H3,(H,16,17). The number of hydrogen-bond acceptors (Lipinski definition) is 3. The van der Waals surface area contributed by atoms with Crippen LogP contribution < -0.4 is 5.73 Å². The van der Waals surface area contributed by atoms with Crippen LogP contribution in [0.2, 0.25) is 0 Å². The summed E-state index contributed by atoms with van der Waals surface area (Å²) >= 11 is 0. The number of carbonyl (C=O) groups is 1. The van der Waals surface area contributed by atoms with Crippen molar-refractivity contribution in [2.45, 2.75) is 25.8 Å². The third-order valence-corrected chi connectivity index (χ3v) is 2.82. The molecule has 3 N–H and O–H groups in total. The van der Waals surface area contributed by atoms with E-state index in [9.17, 15) is 4.79 Å². The maximum absolute atomic E-state index is 10.9. The smallest absolute Gasteiger partial charge is 0.326 e. The number of pyridine rings is 1. The van der Waals surface area contributed by atoms with Gasteiger partial charge >= 0.3 is 5.97 Å². The van der Waals surface area contributed by atoms with Crippen LogP contribution in [-0.4, -0.2) is 20.5 Å². The number of nitrogens with zero attached hydrogens (tertiary/aromatic N) is 2. The van der Waals surface area contributed by atoms with Gasteiger partial charge in [-0.3, -0.25) is 4.79 Å². The molecule has 90 valence electrons. The predicted molar refractivity (Wildman–Crippen MR) is 63.8 cm³/mol. The normalized spacial score (nSPS) is 13.2. The van der Waals surface area contributed by atoms with Crippen LogP contribution in [-0.2, 0) is 4.79 Å². The molecule has 1 unspecified atom stereocenters. The van der Waals surface area contributed by atoms with Gasteiger partial charge < -0.3 is 15.2 Å². The van der Waals surface area contributed by atoms with Gasteiger partial charge in [0, 0.05) is 6.20 Å². The third-order valence-electron chi connectivity index (χ3n) is 2.82. The quantitative estimate of drug-likeness (QED) is 0.842. The van der Waals surface area contributed by atoms with E-state index in [4.69, 9.17) is 10.8 Å². The van der Waals surface area contributed by atoms with Crippen LogP contribution in [0, 0.1) is 0 Å². The van der Waals surface area contributed by atoms with E-state index in [0.29, 0.717) is 11.6 Å². The molecule has 0 amide bonds. The highest BCUT2D eigenvalue weighted by atomic mass is 16.4. The van der Waals surface area contributed by atoms with E-state index >= 15 is 0 Å². The molecule has 0 saturated heterocycles. The highest BCUT2D eigenvalue weighted by molar-refractivity contribution is 5.78. The Morgan fingerprint density at radius 2 is 2.24 bits per heavy atom. The van der Waals surface area contributed by atoms with E-state index in [1.54, 1.807) is 10.7 Å². The first kappa shape index (κ1) is 11.6. The zero-order chi connectivity index (χ0) is 12.6. The Labute approximate surface area is 98.9 Å². The largest absolute Gasteiger partial charge is 0.480 e. The molecule has 2 rings (SSSR count). The zero-order valence-electron chi connectivity index (χ0n) is 9.79. The molecule has 0 spiro atoms. The molecule has 0 aromatic carbocycles. The Hall–Kier alpha value is -1.88. The van der Waals surface area contributed by atoms with Crippen LogP contribution in [0.5, 0.6) is 0 Å². The summed E-state index contributed by atoms with van der Waals surface area (Å²) in [7, 11) is 0. The number of rotatable bonds is 3. The van der Waals surface area contributed by atoms with E-state index in [1.165, 1.54) is 0 Å². The Kier molecular flexibility index (Phi) is 2.85. The summed E-state index contributed by atoms with van der Waals surface area (Å²) in [5, 5.41) is 8.92. The molecule has 5 nitrogen and oxygen atoms in total. The molecule has 2 aromatic rings. The fraction of sp³-hybridized carbons (Fsp3) is 0.333. The number of aromatic nitrogens is 2. The summed E-state index contributed by atoms with van der Waals surface area (Å²) in [5.74, 6) is -0.690. The van der Waals surface area contributed by atoms with Crippen molar-refractivity contribution in [1.82, 2.24) is 9.38 Å². The van der Waals surface area contributed by atoms with Crippen molar-refractivity contribution in [1.29, 1.82) is 0 Å². The molecule has 0 aliphatic rings. The van der Waals surface area contributed by atoms with Crippen molar-refractivity contribution in [2.75, 3.05) is 0 Å². The molecule has 1 atom stereocenters. The molecular formula is C12H15N3O2. The maximum atomic E-state index is 10.9. The van der Waals surface area contributed by atoms with Crippen LogP contribution in [0.3, 0.4) is 0 Å². The van der Waals surface area contributed by atoms with Gasteiger partial charge in [0.1, 0.15) is 6.04 Å². The second-order valence-electron chi connectivity index (χ2n) is 4.35. The summed E-state index contributed by atoms with van der Waals surface area (Å²) in [4.78, 5) is 15.0. The van der Waals surface area contributed by atoms with Gasteiger partial charge in [-0.2, -0.15) is 0 Å². The van der Waals surface area contributed by atoms with Crippen molar-refractivity contribution in [3.63, 3.8) is 0 Å². The van der Waals surface area contributed by atoms with Gasteiger partial charge in [0.2, 0.25) is 0 Å². The van der Waals surface area contributed by atoms with Gasteiger partial charge in [-0.1, -0.05) is 13.8 Å². The number of carboxylic acid groups (broad SMARTS) is 1. The van der Waals surface area contributed by atoms with E-state index in [1.807, 2.05) is 18.3 Å². The van der Waals surface area contributed by atoms with Gasteiger partial charge in [0.25, 0.3) is 0 Å². The van der Waals surface area contributed by atoms with Crippen LogP contribution in [0.4, 0.5) is 0 Å². The molecule has 17 heavy (non-hydrogen) atoms. The zero-order valence-corrected chi connectivity index (χ0v) is 9.79. The maximum Gasteiger partial charge on any atom is 0.326 e. The van der Waals surface area contributed by atoms with E-state index in [0.717, 1.165) is 11.1 Å². The SMILES string of the molecule is CC(C)c1ccn2cnc(C(N)C(=O)O)c2c1. The van der Waals surface area contributed by atoms with Crippen LogP contribution in [0.1, 0.15) is 37.1 Å². The number of imidazole rings is 1. The van der Waals surface area contributed by atoms with Crippen molar-refractivity contribution >= 4 is 11.5 Å². The predicted octanol–water partition coefficient (Wildman–Crippen LogP) is 1.54. The van der Waals surface area contributed by atoms with Gasteiger partial charge in [-0.05, 0) is 23.6 Å². The van der Waals surface area contributed by atoms with Crippen molar-refractivity contribution in [3.8, 4) is 0 Å². The summed E-state index contributed by atoms with van der Waals surface area (Å²) in [6.45, 7) is 4.16. The van der Waals surface area contributed by atoms with Crippen molar-refractivity contribution in [3.05, 3.63) is 35.9 Å². The summed E-state index contributed by atoms with van der Waals surface area (Å²) in [6.07, 6.45) is 3.45. The van der Waals surface area contributed by atoms with Crippen LogP contribution in [0.15, 0.2) is 24.7 Å². The lowest BCUT2D eigenvalue weighted by Crippen LogP contribution is -2.21. The van der Waals surface area contributed by atoms with Crippen LogP contribution in [0.25, 0.3) is 5.52 Å². The minimum Gasteiger partial charge on any atom is -0.480 e. The topological polar surface area (TPSA) is 80.6 Å². The summed E-state index contributed by atoms with van der Waals surface area (Å²) in [5.41, 5.74) is 7.89. The molecule has 0 aliphatic carbocycles. The first-order valence-corrected chi connectivity index (χ1v) is 5.45. The molecule has 0 radical (unpaired) electrons. The molecular weight excluding hydrogens is 218 g/mol. The lowest BCUT2D eigenvalue weighted by Gasteiger charge is -2.08. The van der Waals surface area contributed by atoms with Gasteiger partial charge in [-0.15, -0.1) is 0 Å². The third kappa shape index (κ3) is 2.01. The second kappa shape index (κ2) is 4.18. The average Bonchev–Trinajstić information content (AvgIpc) is 2.70. The highest BCUT2D eigenvalue weighted by Gasteiger charge is 2.20. The lowest BCUT2D eigenvalue weighted by atomic mass is 10.0. The minimum atomic E-state index is -1.08. The molecule has 2 heterocycles. The van der Waals surface area contributed by atoms with Crippen LogP contribution >= 0.6 is 0 Å². The Bertz CT molecular complexity index is 560. The number of carboxylic acids is 1. The molecule has 5 heteroatoms. The van der Waals surface area contributed by atoms with Gasteiger partial charge in [0.05, 0.1) is 17.5 Å². The highest BCUT2D eigenvalue weighted by Crippen LogP contribution is 2.21. The number of nitrogens with two attached hydrogens (primary N) is 1. The molecule has 0 saturated carbocycles. The Balaban J connectivity index is 2.57. The second-order valence-corrected chi connectivity index (χ2v) is 4.35. The van der Waals surface area contributed by atoms with E-state index < -0.39 is 12.0 Å². The summed E-state index contributed by atoms with van der Waals surface area (Å²) < 4.78 is 1.78. The Morgan fingerprint density at radius 3 is 2.82 bits per heavy atom. The first-order chi connectivity index (χ1) is 8.00. The van der Waals surface area contributed by atoms with E-state index in [2.05, 4.69) is 18.8 Å². The fourth-order valence-electron chi connectivity index (χ4n) is 1.74. The number of aliphatic carboxylic acids is 1.